The van der Waals surface area contributed by atoms with Gasteiger partial charge in [0.25, 0.3) is 0 Å². The Hall–Kier alpha value is -0.720. The quantitative estimate of drug-likeness (QED) is 0.834. The molecule has 0 aromatic carbocycles. The Morgan fingerprint density at radius 1 is 1.73 bits per heavy atom. The van der Waals surface area contributed by atoms with Crippen molar-refractivity contribution in [2.75, 3.05) is 18.4 Å². The van der Waals surface area contributed by atoms with Crippen LogP contribution in [0.5, 0.6) is 0 Å². The summed E-state index contributed by atoms with van der Waals surface area (Å²) in [5.74, 6) is 0.512. The number of hydrogen-bond donors (Lipinski definition) is 2. The fourth-order valence-electron chi connectivity index (χ4n) is 1.55. The molecule has 0 spiro atoms. The number of rotatable bonds is 3. The van der Waals surface area contributed by atoms with Crippen molar-refractivity contribution >= 4 is 34.8 Å². The highest BCUT2D eigenvalue weighted by molar-refractivity contribution is 7.13. The average molecular weight is 249 g/mol. The minimum Gasteiger partial charge on any atom is -0.316 e. The largest absolute Gasteiger partial charge is 0.316 e. The zero-order chi connectivity index (χ0) is 9.80. The Bertz CT molecular complexity index is 300. The van der Waals surface area contributed by atoms with Crippen LogP contribution in [0.25, 0.3) is 0 Å². The molecule has 1 atom stereocenters. The number of carbonyl (C=O) groups is 1. The second-order valence-corrected chi connectivity index (χ2v) is 4.19. The molecule has 1 aliphatic heterocycles. The van der Waals surface area contributed by atoms with E-state index in [1.807, 2.05) is 0 Å². The number of halogens is 1. The van der Waals surface area contributed by atoms with Gasteiger partial charge < -0.3 is 10.6 Å². The van der Waals surface area contributed by atoms with E-state index in [-0.39, 0.29) is 18.3 Å². The first-order chi connectivity index (χ1) is 6.84. The van der Waals surface area contributed by atoms with Crippen LogP contribution in [0.4, 0.5) is 5.13 Å². The van der Waals surface area contributed by atoms with E-state index < -0.39 is 0 Å². The van der Waals surface area contributed by atoms with Gasteiger partial charge in [-0.05, 0) is 25.4 Å². The lowest BCUT2D eigenvalue weighted by Gasteiger charge is -2.06. The molecule has 1 aromatic rings. The topological polar surface area (TPSA) is 66.9 Å². The van der Waals surface area contributed by atoms with Gasteiger partial charge in [-0.15, -0.1) is 22.6 Å². The number of amides is 1. The number of aromatic nitrogens is 2. The Morgan fingerprint density at radius 3 is 3.20 bits per heavy atom. The maximum absolute atomic E-state index is 11.5. The van der Waals surface area contributed by atoms with Crippen LogP contribution in [0.15, 0.2) is 5.51 Å². The highest BCUT2D eigenvalue weighted by Crippen LogP contribution is 2.14. The minimum atomic E-state index is 0. The third kappa shape index (κ3) is 3.73. The van der Waals surface area contributed by atoms with E-state index in [0.717, 1.165) is 19.5 Å². The molecule has 0 radical (unpaired) electrons. The Kier molecular flexibility index (Phi) is 4.93. The van der Waals surface area contributed by atoms with E-state index in [0.29, 0.717) is 17.5 Å². The molecule has 1 saturated heterocycles. The third-order valence-corrected chi connectivity index (χ3v) is 2.85. The molecule has 2 rings (SSSR count). The summed E-state index contributed by atoms with van der Waals surface area (Å²) in [6.07, 6.45) is 1.66. The van der Waals surface area contributed by atoms with Gasteiger partial charge in [-0.2, -0.15) is 0 Å². The van der Waals surface area contributed by atoms with E-state index in [2.05, 4.69) is 20.8 Å². The van der Waals surface area contributed by atoms with Gasteiger partial charge in [0.15, 0.2) is 0 Å². The van der Waals surface area contributed by atoms with Crippen molar-refractivity contribution < 1.29 is 4.79 Å². The summed E-state index contributed by atoms with van der Waals surface area (Å²) >= 11 is 1.34. The lowest BCUT2D eigenvalue weighted by molar-refractivity contribution is -0.116. The molecule has 5 nitrogen and oxygen atoms in total. The second kappa shape index (κ2) is 5.99. The van der Waals surface area contributed by atoms with E-state index in [1.165, 1.54) is 11.3 Å². The zero-order valence-corrected chi connectivity index (χ0v) is 9.74. The van der Waals surface area contributed by atoms with Crippen molar-refractivity contribution in [1.82, 2.24) is 15.5 Å². The van der Waals surface area contributed by atoms with Gasteiger partial charge in [0.1, 0.15) is 5.51 Å². The first-order valence-corrected chi connectivity index (χ1v) is 5.49. The van der Waals surface area contributed by atoms with Crippen LogP contribution in [0.1, 0.15) is 12.8 Å². The fourth-order valence-corrected chi connectivity index (χ4v) is 2.01. The lowest BCUT2D eigenvalue weighted by Crippen LogP contribution is -2.18. The van der Waals surface area contributed by atoms with Crippen molar-refractivity contribution in [3.05, 3.63) is 5.51 Å². The SMILES string of the molecule is Cl.O=C(CC1CCNC1)Nc1nncs1. The smallest absolute Gasteiger partial charge is 0.226 e. The number of carbonyl (C=O) groups excluding carboxylic acids is 1. The Labute approximate surface area is 98.1 Å². The van der Waals surface area contributed by atoms with Crippen molar-refractivity contribution in [2.24, 2.45) is 5.92 Å². The number of hydrogen-bond acceptors (Lipinski definition) is 5. The third-order valence-electron chi connectivity index (χ3n) is 2.24. The van der Waals surface area contributed by atoms with Crippen molar-refractivity contribution in [3.8, 4) is 0 Å². The van der Waals surface area contributed by atoms with Gasteiger partial charge in [0.2, 0.25) is 11.0 Å². The summed E-state index contributed by atoms with van der Waals surface area (Å²) in [7, 11) is 0. The summed E-state index contributed by atoms with van der Waals surface area (Å²) < 4.78 is 0. The molecule has 0 saturated carbocycles. The normalized spacial score (nSPS) is 19.6. The predicted octanol–water partition coefficient (Wildman–Crippen LogP) is 0.898. The molecule has 2 heterocycles. The summed E-state index contributed by atoms with van der Waals surface area (Å²) in [4.78, 5) is 11.5. The van der Waals surface area contributed by atoms with Crippen LogP contribution in [-0.2, 0) is 4.79 Å². The standard InChI is InChI=1S/C8H12N4OS.ClH/c13-7(3-6-1-2-9-4-6)11-8-12-10-5-14-8;/h5-6,9H,1-4H2,(H,11,12,13);1H. The molecule has 0 bridgehead atoms. The maximum atomic E-state index is 11.5. The predicted molar refractivity (Wildman–Crippen MR) is 61.4 cm³/mol. The molecular formula is C8H13ClN4OS. The van der Waals surface area contributed by atoms with E-state index in [9.17, 15) is 4.79 Å². The Balaban J connectivity index is 0.00000112. The van der Waals surface area contributed by atoms with Gasteiger partial charge in [-0.1, -0.05) is 11.3 Å². The Morgan fingerprint density at radius 2 is 2.60 bits per heavy atom. The molecule has 84 valence electrons. The number of nitrogens with one attached hydrogen (secondary N) is 2. The lowest BCUT2D eigenvalue weighted by atomic mass is 10.1. The number of nitrogens with zero attached hydrogens (tertiary/aromatic N) is 2. The molecule has 1 aliphatic rings. The molecule has 7 heteroatoms. The molecule has 2 N–H and O–H groups in total. The van der Waals surface area contributed by atoms with Crippen LogP contribution in [0.3, 0.4) is 0 Å². The van der Waals surface area contributed by atoms with Crippen LogP contribution < -0.4 is 10.6 Å². The second-order valence-electron chi connectivity index (χ2n) is 3.36. The monoisotopic (exact) mass is 248 g/mol. The van der Waals surface area contributed by atoms with Gasteiger partial charge in [0.05, 0.1) is 0 Å². The maximum Gasteiger partial charge on any atom is 0.226 e. The van der Waals surface area contributed by atoms with E-state index in [1.54, 1.807) is 5.51 Å². The van der Waals surface area contributed by atoms with E-state index >= 15 is 0 Å². The van der Waals surface area contributed by atoms with Gasteiger partial charge in [-0.3, -0.25) is 4.79 Å². The summed E-state index contributed by atoms with van der Waals surface area (Å²) in [6, 6.07) is 0. The summed E-state index contributed by atoms with van der Waals surface area (Å²) in [5.41, 5.74) is 1.60. The zero-order valence-electron chi connectivity index (χ0n) is 8.10. The average Bonchev–Trinajstić information content (AvgIpc) is 2.76. The molecule has 1 aromatic heterocycles. The summed E-state index contributed by atoms with van der Waals surface area (Å²) in [5, 5.41) is 13.9. The van der Waals surface area contributed by atoms with Crippen LogP contribution in [0, 0.1) is 5.92 Å². The summed E-state index contributed by atoms with van der Waals surface area (Å²) in [6.45, 7) is 1.97. The van der Waals surface area contributed by atoms with Gasteiger partial charge >= 0.3 is 0 Å². The first-order valence-electron chi connectivity index (χ1n) is 4.61. The highest BCUT2D eigenvalue weighted by atomic mass is 35.5. The molecule has 1 amide bonds. The van der Waals surface area contributed by atoms with Crippen LogP contribution in [0.2, 0.25) is 0 Å². The number of anilines is 1. The molecule has 1 fully saturated rings. The molecule has 1 unspecified atom stereocenters. The molecular weight excluding hydrogens is 236 g/mol. The fraction of sp³-hybridized carbons (Fsp3) is 0.625. The van der Waals surface area contributed by atoms with Crippen LogP contribution >= 0.6 is 23.7 Å². The highest BCUT2D eigenvalue weighted by Gasteiger charge is 2.18. The first kappa shape index (κ1) is 12.4. The van der Waals surface area contributed by atoms with Gasteiger partial charge in [-0.25, -0.2) is 0 Å². The molecule has 0 aliphatic carbocycles. The van der Waals surface area contributed by atoms with Crippen molar-refractivity contribution in [3.63, 3.8) is 0 Å². The van der Waals surface area contributed by atoms with Crippen molar-refractivity contribution in [1.29, 1.82) is 0 Å². The minimum absolute atomic E-state index is 0. The van der Waals surface area contributed by atoms with Crippen LogP contribution in [-0.4, -0.2) is 29.2 Å². The van der Waals surface area contributed by atoms with E-state index in [4.69, 9.17) is 0 Å². The molecule has 15 heavy (non-hydrogen) atoms. The van der Waals surface area contributed by atoms with Crippen molar-refractivity contribution in [2.45, 2.75) is 12.8 Å². The van der Waals surface area contributed by atoms with Gasteiger partial charge in [0, 0.05) is 6.42 Å².